The van der Waals surface area contributed by atoms with Gasteiger partial charge in [0.1, 0.15) is 24.2 Å². The zero-order chi connectivity index (χ0) is 17.1. The molecule has 11 heteroatoms. The van der Waals surface area contributed by atoms with E-state index in [1.54, 1.807) is 0 Å². The Morgan fingerprint density at radius 3 is 2.83 bits per heavy atom. The van der Waals surface area contributed by atoms with E-state index in [0.717, 1.165) is 12.0 Å². The van der Waals surface area contributed by atoms with Crippen molar-refractivity contribution in [2.75, 3.05) is 18.7 Å². The maximum Gasteiger partial charge on any atom is 0.352 e. The van der Waals surface area contributed by atoms with Crippen LogP contribution < -0.4 is 5.32 Å². The Morgan fingerprint density at radius 2 is 2.26 bits per heavy atom. The molecule has 2 heterocycles. The van der Waals surface area contributed by atoms with Crippen LogP contribution in [-0.2, 0) is 24.0 Å². The van der Waals surface area contributed by atoms with Crippen LogP contribution in [0.15, 0.2) is 16.9 Å². The average Bonchev–Trinajstić information content (AvgIpc) is 2.55. The monoisotopic (exact) mass is 361 g/mol. The minimum Gasteiger partial charge on any atom is -0.477 e. The van der Waals surface area contributed by atoms with Gasteiger partial charge in [-0.1, -0.05) is 5.16 Å². The quantitative estimate of drug-likeness (QED) is 0.208. The number of thioether (sulfide) groups is 1. The first kappa shape index (κ1) is 17.3. The van der Waals surface area contributed by atoms with Gasteiger partial charge in [0.2, 0.25) is 11.5 Å². The molecule has 1 fully saturated rings. The van der Waals surface area contributed by atoms with Gasteiger partial charge in [0, 0.05) is 5.75 Å². The van der Waals surface area contributed by atoms with Gasteiger partial charge in [-0.3, -0.25) is 19.3 Å². The van der Waals surface area contributed by atoms with E-state index in [-0.39, 0.29) is 5.70 Å². The predicted molar refractivity (Wildman–Crippen MR) is 80.9 cm³/mol. The third kappa shape index (κ3) is 3.17. The first-order valence-electron chi connectivity index (χ1n) is 6.31. The van der Waals surface area contributed by atoms with Gasteiger partial charge in [-0.05, 0) is 6.08 Å². The van der Waals surface area contributed by atoms with Crippen LogP contribution in [0.4, 0.5) is 0 Å². The Labute approximate surface area is 139 Å². The van der Waals surface area contributed by atoms with Crippen LogP contribution in [0, 0.1) is 0 Å². The molecule has 0 aromatic heterocycles. The van der Waals surface area contributed by atoms with E-state index in [1.807, 2.05) is 0 Å². The molecule has 1 unspecified atom stereocenters. The zero-order valence-electron chi connectivity index (χ0n) is 11.8. The molecule has 2 atom stereocenters. The van der Waals surface area contributed by atoms with Gasteiger partial charge in [0.15, 0.2) is 0 Å². The largest absolute Gasteiger partial charge is 0.477 e. The van der Waals surface area contributed by atoms with Crippen LogP contribution in [0.2, 0.25) is 0 Å². The van der Waals surface area contributed by atoms with E-state index < -0.39 is 46.6 Å². The number of ketones is 1. The topological polar surface area (TPSA) is 125 Å². The first-order chi connectivity index (χ1) is 10.9. The summed E-state index contributed by atoms with van der Waals surface area (Å²) in [6.07, 6.45) is 1.42. The molecule has 2 aliphatic rings. The highest BCUT2D eigenvalue weighted by Gasteiger charge is 2.53. The van der Waals surface area contributed by atoms with E-state index in [0.29, 0.717) is 5.75 Å². The fourth-order valence-corrected chi connectivity index (χ4v) is 3.44. The number of carboxylic acid groups (broad SMARTS) is 1. The molecule has 2 rings (SSSR count). The molecule has 0 aromatic carbocycles. The average molecular weight is 362 g/mol. The van der Waals surface area contributed by atoms with Crippen LogP contribution in [0.25, 0.3) is 0 Å². The third-order valence-corrected chi connectivity index (χ3v) is 4.56. The molecule has 0 saturated carbocycles. The summed E-state index contributed by atoms with van der Waals surface area (Å²) in [5.41, 5.74) is -0.671. The van der Waals surface area contributed by atoms with Crippen LogP contribution >= 0.6 is 23.4 Å². The number of halogens is 1. The van der Waals surface area contributed by atoms with Gasteiger partial charge in [-0.15, -0.1) is 23.4 Å². The van der Waals surface area contributed by atoms with Crippen LogP contribution in [0.3, 0.4) is 0 Å². The third-order valence-electron chi connectivity index (χ3n) is 3.14. The normalized spacial score (nSPS) is 23.4. The smallest absolute Gasteiger partial charge is 0.352 e. The molecule has 0 aliphatic carbocycles. The Morgan fingerprint density at radius 1 is 1.57 bits per heavy atom. The number of nitrogens with one attached hydrogen (secondary N) is 1. The number of hydrogen-bond acceptors (Lipinski definition) is 7. The number of Topliss-reactive ketones (excluding diaryl/α,β-unsaturated/α-hetero) is 1. The Balaban J connectivity index is 2.11. The van der Waals surface area contributed by atoms with Crippen LogP contribution in [-0.4, -0.2) is 69.4 Å². The van der Waals surface area contributed by atoms with E-state index in [4.69, 9.17) is 16.7 Å². The lowest BCUT2D eigenvalue weighted by atomic mass is 10.0. The highest BCUT2D eigenvalue weighted by atomic mass is 35.5. The number of carbonyl (C=O) groups is 4. The Hall–Kier alpha value is -2.07. The number of fused-ring (bicyclic) bond motifs is 1. The van der Waals surface area contributed by atoms with Gasteiger partial charge < -0.3 is 15.3 Å². The minimum atomic E-state index is -1.22. The Kier molecular flexibility index (Phi) is 5.26. The van der Waals surface area contributed by atoms with Crippen molar-refractivity contribution in [3.05, 3.63) is 11.8 Å². The fraction of sp³-hybridized carbons (Fsp3) is 0.417. The second kappa shape index (κ2) is 7.01. The molecule has 1 saturated heterocycles. The summed E-state index contributed by atoms with van der Waals surface area (Å²) < 4.78 is 0. The summed E-state index contributed by atoms with van der Waals surface area (Å²) in [4.78, 5) is 52.3. The molecule has 0 radical (unpaired) electrons. The zero-order valence-corrected chi connectivity index (χ0v) is 13.4. The van der Waals surface area contributed by atoms with Crippen molar-refractivity contribution >= 4 is 52.6 Å². The van der Waals surface area contributed by atoms with E-state index in [9.17, 15) is 19.2 Å². The summed E-state index contributed by atoms with van der Waals surface area (Å²) >= 11 is 6.68. The number of nitrogens with zero attached hydrogens (tertiary/aromatic N) is 2. The van der Waals surface area contributed by atoms with Gasteiger partial charge in [0.25, 0.3) is 11.8 Å². The predicted octanol–water partition coefficient (Wildman–Crippen LogP) is -0.835. The summed E-state index contributed by atoms with van der Waals surface area (Å²) in [7, 11) is 1.16. The van der Waals surface area contributed by atoms with Crippen molar-refractivity contribution < 1.29 is 29.1 Å². The number of hydrogen-bond donors (Lipinski definition) is 2. The minimum absolute atomic E-state index is 0.119. The maximum absolute atomic E-state index is 12.1. The van der Waals surface area contributed by atoms with Crippen molar-refractivity contribution in [1.82, 2.24) is 10.2 Å². The molecule has 2 amide bonds. The number of carbonyl (C=O) groups excluding carboxylic acids is 3. The molecule has 9 nitrogen and oxygen atoms in total. The second-order valence-corrected chi connectivity index (χ2v) is 5.87. The first-order valence-corrected chi connectivity index (χ1v) is 7.90. The molecule has 0 bridgehead atoms. The standard InChI is InChI=1S/C12H12ClN3O6S/c1-22-15-7(6(17)4-13)9(18)14-8-10(19)16-5(12(20)21)2-3-23-11(8)16/h2,8,11H,3-4H2,1H3,(H,14,18)(H,20,21)/t8?,11-/m0/s1. The number of rotatable bonds is 6. The molecule has 23 heavy (non-hydrogen) atoms. The van der Waals surface area contributed by atoms with E-state index in [2.05, 4.69) is 15.3 Å². The van der Waals surface area contributed by atoms with Gasteiger partial charge >= 0.3 is 5.97 Å². The van der Waals surface area contributed by atoms with E-state index >= 15 is 0 Å². The summed E-state index contributed by atoms with van der Waals surface area (Å²) in [5.74, 6) is -3.52. The SMILES string of the molecule is CON=C(C(=O)CCl)C(=O)NC1C(=O)N2C(C(=O)O)=CCS[C@@H]12. The van der Waals surface area contributed by atoms with Crippen LogP contribution in [0.5, 0.6) is 0 Å². The lowest BCUT2D eigenvalue weighted by Crippen LogP contribution is -2.70. The number of oxime groups is 1. The Bertz CT molecular complexity index is 634. The fourth-order valence-electron chi connectivity index (χ4n) is 2.12. The van der Waals surface area contributed by atoms with Gasteiger partial charge in [0.05, 0.1) is 5.88 Å². The van der Waals surface area contributed by atoms with Crippen LogP contribution in [0.1, 0.15) is 0 Å². The molecule has 0 aromatic rings. The molecular weight excluding hydrogens is 350 g/mol. The van der Waals surface area contributed by atoms with Gasteiger partial charge in [-0.25, -0.2) is 4.79 Å². The second-order valence-electron chi connectivity index (χ2n) is 4.46. The molecule has 2 aliphatic heterocycles. The summed E-state index contributed by atoms with van der Waals surface area (Å²) in [6, 6.07) is -0.944. The highest BCUT2D eigenvalue weighted by molar-refractivity contribution is 8.00. The lowest BCUT2D eigenvalue weighted by molar-refractivity contribution is -0.150. The maximum atomic E-state index is 12.1. The van der Waals surface area contributed by atoms with Crippen molar-refractivity contribution in [3.8, 4) is 0 Å². The molecule has 0 spiro atoms. The number of β-lactam (4-membered cyclic amide) rings is 1. The number of carboxylic acids is 1. The highest BCUT2D eigenvalue weighted by Crippen LogP contribution is 2.37. The lowest BCUT2D eigenvalue weighted by Gasteiger charge is -2.48. The van der Waals surface area contributed by atoms with Crippen molar-refractivity contribution in [3.63, 3.8) is 0 Å². The number of alkyl halides is 1. The number of amides is 2. The van der Waals surface area contributed by atoms with Crippen molar-refractivity contribution in [1.29, 1.82) is 0 Å². The van der Waals surface area contributed by atoms with E-state index in [1.165, 1.54) is 17.8 Å². The summed E-state index contributed by atoms with van der Waals surface area (Å²) in [5, 5.41) is 14.2. The van der Waals surface area contributed by atoms with Crippen molar-refractivity contribution in [2.24, 2.45) is 5.16 Å². The summed E-state index contributed by atoms with van der Waals surface area (Å²) in [6.45, 7) is 0. The van der Waals surface area contributed by atoms with Gasteiger partial charge in [-0.2, -0.15) is 0 Å². The molecule has 124 valence electrons. The molecule has 2 N–H and O–H groups in total. The molecular formula is C12H12ClN3O6S. The number of aliphatic carboxylic acids is 1. The van der Waals surface area contributed by atoms with Crippen molar-refractivity contribution in [2.45, 2.75) is 11.4 Å².